The van der Waals surface area contributed by atoms with Crippen molar-refractivity contribution in [1.82, 2.24) is 14.7 Å². The zero-order valence-electron chi connectivity index (χ0n) is 11.9. The van der Waals surface area contributed by atoms with Crippen LogP contribution in [0.15, 0.2) is 0 Å². The fourth-order valence-electron chi connectivity index (χ4n) is 2.08. The van der Waals surface area contributed by atoms with Crippen LogP contribution >= 0.6 is 0 Å². The molecule has 6 nitrogen and oxygen atoms in total. The lowest BCUT2D eigenvalue weighted by Crippen LogP contribution is -2.70. The summed E-state index contributed by atoms with van der Waals surface area (Å²) in [7, 11) is 0. The number of nitrogens with zero attached hydrogens (tertiary/aromatic N) is 3. The van der Waals surface area contributed by atoms with Crippen LogP contribution in [-0.2, 0) is 0 Å². The lowest BCUT2D eigenvalue weighted by Gasteiger charge is -2.48. The number of hydrogen-bond acceptors (Lipinski definition) is 3. The maximum atomic E-state index is 12.2. The molecule has 0 aromatic rings. The first-order chi connectivity index (χ1) is 8.20. The molecule has 18 heavy (non-hydrogen) atoms. The van der Waals surface area contributed by atoms with Gasteiger partial charge in [0.1, 0.15) is 0 Å². The van der Waals surface area contributed by atoms with E-state index in [2.05, 4.69) is 0 Å². The van der Waals surface area contributed by atoms with Crippen molar-refractivity contribution in [3.8, 4) is 0 Å². The summed E-state index contributed by atoms with van der Waals surface area (Å²) in [6, 6.07) is -1.46. The predicted octanol–water partition coefficient (Wildman–Crippen LogP) is 1.65. The lowest BCUT2D eigenvalue weighted by atomic mass is 10.2. The van der Waals surface area contributed by atoms with Gasteiger partial charge in [-0.25, -0.2) is 14.5 Å². The SMILES string of the molecule is CC(C)N1C(=O)N(C(C)C)C(O)N(C(C)C)C1=O. The predicted molar refractivity (Wildman–Crippen MR) is 67.7 cm³/mol. The summed E-state index contributed by atoms with van der Waals surface area (Å²) in [4.78, 5) is 28.3. The van der Waals surface area contributed by atoms with Gasteiger partial charge in [0, 0.05) is 18.1 Å². The molecule has 0 radical (unpaired) electrons. The van der Waals surface area contributed by atoms with Crippen LogP contribution in [0.4, 0.5) is 9.59 Å². The third-order valence-corrected chi connectivity index (χ3v) is 2.98. The third-order valence-electron chi connectivity index (χ3n) is 2.98. The Morgan fingerprint density at radius 1 is 0.833 bits per heavy atom. The van der Waals surface area contributed by atoms with Crippen LogP contribution in [-0.4, -0.2) is 56.3 Å². The fourth-order valence-corrected chi connectivity index (χ4v) is 2.08. The van der Waals surface area contributed by atoms with Gasteiger partial charge in [0.2, 0.25) is 6.35 Å². The monoisotopic (exact) mass is 257 g/mol. The van der Waals surface area contributed by atoms with E-state index in [1.54, 1.807) is 13.8 Å². The molecule has 6 heteroatoms. The van der Waals surface area contributed by atoms with Crippen molar-refractivity contribution in [2.24, 2.45) is 0 Å². The van der Waals surface area contributed by atoms with Gasteiger partial charge in [0.15, 0.2) is 0 Å². The molecule has 1 rings (SSSR count). The Hall–Kier alpha value is -1.30. The summed E-state index contributed by atoms with van der Waals surface area (Å²) in [5.41, 5.74) is 0. The molecule has 4 amide bonds. The number of aliphatic hydroxyl groups is 1. The highest BCUT2D eigenvalue weighted by Crippen LogP contribution is 2.24. The molecule has 0 bridgehead atoms. The van der Waals surface area contributed by atoms with Gasteiger partial charge >= 0.3 is 12.1 Å². The molecule has 1 heterocycles. The maximum absolute atomic E-state index is 12.2. The Balaban J connectivity index is 3.19. The van der Waals surface area contributed by atoms with E-state index in [4.69, 9.17) is 0 Å². The molecule has 1 aliphatic heterocycles. The normalized spacial score (nSPS) is 18.9. The molecule has 1 aliphatic rings. The smallest absolute Gasteiger partial charge is 0.332 e. The number of carbonyl (C=O) groups is 2. The van der Waals surface area contributed by atoms with Crippen LogP contribution < -0.4 is 0 Å². The molecule has 0 saturated carbocycles. The molecular weight excluding hydrogens is 234 g/mol. The van der Waals surface area contributed by atoms with Crippen molar-refractivity contribution in [1.29, 1.82) is 0 Å². The van der Waals surface area contributed by atoms with Crippen molar-refractivity contribution in [3.63, 3.8) is 0 Å². The minimum atomic E-state index is -1.19. The van der Waals surface area contributed by atoms with Crippen molar-refractivity contribution < 1.29 is 14.7 Å². The van der Waals surface area contributed by atoms with E-state index in [1.165, 1.54) is 14.7 Å². The average molecular weight is 257 g/mol. The highest BCUT2D eigenvalue weighted by Gasteiger charge is 2.46. The molecule has 1 saturated heterocycles. The summed E-state index contributed by atoms with van der Waals surface area (Å²) in [6.45, 7) is 10.8. The number of carbonyl (C=O) groups excluding carboxylic acids is 2. The molecule has 0 aromatic heterocycles. The van der Waals surface area contributed by atoms with Crippen molar-refractivity contribution in [2.45, 2.75) is 66.0 Å². The molecule has 0 unspecified atom stereocenters. The Morgan fingerprint density at radius 2 is 1.17 bits per heavy atom. The number of amides is 4. The highest BCUT2D eigenvalue weighted by molar-refractivity contribution is 5.96. The van der Waals surface area contributed by atoms with Crippen molar-refractivity contribution in [2.75, 3.05) is 0 Å². The number of rotatable bonds is 3. The van der Waals surface area contributed by atoms with Gasteiger partial charge in [-0.15, -0.1) is 0 Å². The van der Waals surface area contributed by atoms with Gasteiger partial charge in [-0.2, -0.15) is 0 Å². The second kappa shape index (κ2) is 5.14. The van der Waals surface area contributed by atoms with E-state index in [-0.39, 0.29) is 18.1 Å². The van der Waals surface area contributed by atoms with Gasteiger partial charge in [-0.05, 0) is 41.5 Å². The van der Waals surface area contributed by atoms with Crippen LogP contribution in [0.2, 0.25) is 0 Å². The largest absolute Gasteiger partial charge is 0.356 e. The molecule has 0 aromatic carbocycles. The maximum Gasteiger partial charge on any atom is 0.332 e. The Bertz CT molecular complexity index is 313. The molecule has 1 N–H and O–H groups in total. The summed E-state index contributed by atoms with van der Waals surface area (Å²) in [5.74, 6) is 0. The summed E-state index contributed by atoms with van der Waals surface area (Å²) in [6.07, 6.45) is -1.19. The van der Waals surface area contributed by atoms with E-state index in [9.17, 15) is 14.7 Å². The number of hydrogen-bond donors (Lipinski definition) is 1. The summed E-state index contributed by atoms with van der Waals surface area (Å²) >= 11 is 0. The van der Waals surface area contributed by atoms with Crippen molar-refractivity contribution in [3.05, 3.63) is 0 Å². The van der Waals surface area contributed by atoms with Crippen LogP contribution in [0.1, 0.15) is 41.5 Å². The Morgan fingerprint density at radius 3 is 1.39 bits per heavy atom. The molecule has 0 aliphatic carbocycles. The fraction of sp³-hybridized carbons (Fsp3) is 0.833. The molecule has 0 spiro atoms. The number of imide groups is 1. The Labute approximate surface area is 108 Å². The van der Waals surface area contributed by atoms with Crippen LogP contribution in [0.5, 0.6) is 0 Å². The van der Waals surface area contributed by atoms with Gasteiger partial charge in [-0.3, -0.25) is 9.80 Å². The molecule has 104 valence electrons. The zero-order chi connectivity index (χ0) is 14.2. The minimum absolute atomic E-state index is 0.178. The summed E-state index contributed by atoms with van der Waals surface area (Å²) < 4.78 is 0. The molecule has 0 atom stereocenters. The number of aliphatic hydroxyl groups excluding tert-OH is 1. The molecular formula is C12H23N3O3. The van der Waals surface area contributed by atoms with E-state index in [0.29, 0.717) is 0 Å². The van der Waals surface area contributed by atoms with Gasteiger partial charge in [0.05, 0.1) is 0 Å². The average Bonchev–Trinajstić information content (AvgIpc) is 2.14. The van der Waals surface area contributed by atoms with E-state index in [1.807, 2.05) is 27.7 Å². The molecule has 1 fully saturated rings. The standard InChI is InChI=1S/C12H23N3O3/c1-7(2)13-10(16)14(8(3)4)12(18)15(9(5)6)11(13)17/h7-10,16H,1-6H3. The lowest BCUT2D eigenvalue weighted by molar-refractivity contribution is -0.116. The second-order valence-corrected chi connectivity index (χ2v) is 5.38. The van der Waals surface area contributed by atoms with E-state index >= 15 is 0 Å². The topological polar surface area (TPSA) is 64.1 Å². The Kier molecular flexibility index (Phi) is 4.21. The van der Waals surface area contributed by atoms with Crippen molar-refractivity contribution >= 4 is 12.1 Å². The van der Waals surface area contributed by atoms with Gasteiger partial charge in [0.25, 0.3) is 0 Å². The first-order valence-electron chi connectivity index (χ1n) is 6.32. The first kappa shape index (κ1) is 14.8. The van der Waals surface area contributed by atoms with Crippen LogP contribution in [0.3, 0.4) is 0 Å². The van der Waals surface area contributed by atoms with Gasteiger partial charge < -0.3 is 5.11 Å². The minimum Gasteiger partial charge on any atom is -0.356 e. The zero-order valence-corrected chi connectivity index (χ0v) is 11.9. The number of urea groups is 2. The van der Waals surface area contributed by atoms with E-state index in [0.717, 1.165) is 0 Å². The highest BCUT2D eigenvalue weighted by atomic mass is 16.3. The second-order valence-electron chi connectivity index (χ2n) is 5.38. The third kappa shape index (κ3) is 2.29. The van der Waals surface area contributed by atoms with Crippen LogP contribution in [0.25, 0.3) is 0 Å². The van der Waals surface area contributed by atoms with Crippen LogP contribution in [0, 0.1) is 0 Å². The van der Waals surface area contributed by atoms with Gasteiger partial charge in [-0.1, -0.05) is 0 Å². The summed E-state index contributed by atoms with van der Waals surface area (Å²) in [5, 5.41) is 10.2. The first-order valence-corrected chi connectivity index (χ1v) is 6.32. The van der Waals surface area contributed by atoms with E-state index < -0.39 is 18.4 Å². The quantitative estimate of drug-likeness (QED) is 0.836.